The van der Waals surface area contributed by atoms with E-state index in [0.717, 1.165) is 0 Å². The van der Waals surface area contributed by atoms with Crippen LogP contribution in [0.5, 0.6) is 17.2 Å². The lowest BCUT2D eigenvalue weighted by Crippen LogP contribution is -2.49. The molecule has 144 valence electrons. The van der Waals surface area contributed by atoms with Crippen molar-refractivity contribution in [2.24, 2.45) is 0 Å². The molecular formula is C17H24N2O7. The van der Waals surface area contributed by atoms with Crippen molar-refractivity contribution < 1.29 is 33.3 Å². The molecule has 9 heteroatoms. The molecular weight excluding hydrogens is 344 g/mol. The van der Waals surface area contributed by atoms with Crippen LogP contribution >= 0.6 is 0 Å². The molecule has 0 radical (unpaired) electrons. The zero-order valence-electron chi connectivity index (χ0n) is 15.7. The first-order valence-electron chi connectivity index (χ1n) is 7.78. The Labute approximate surface area is 151 Å². The predicted molar refractivity (Wildman–Crippen MR) is 92.6 cm³/mol. The van der Waals surface area contributed by atoms with Crippen molar-refractivity contribution in [3.8, 4) is 17.2 Å². The Morgan fingerprint density at radius 1 is 0.846 bits per heavy atom. The lowest BCUT2D eigenvalue weighted by Gasteiger charge is -2.18. The van der Waals surface area contributed by atoms with E-state index >= 15 is 0 Å². The smallest absolute Gasteiger partial charge is 0.328 e. The highest BCUT2D eigenvalue weighted by Gasteiger charge is 2.23. The van der Waals surface area contributed by atoms with E-state index in [1.807, 2.05) is 0 Å². The van der Waals surface area contributed by atoms with Gasteiger partial charge in [0.15, 0.2) is 11.5 Å². The van der Waals surface area contributed by atoms with Gasteiger partial charge in [0, 0.05) is 5.56 Å². The van der Waals surface area contributed by atoms with Gasteiger partial charge in [-0.3, -0.25) is 9.59 Å². The number of nitrogens with one attached hydrogen (secondary N) is 2. The van der Waals surface area contributed by atoms with E-state index in [9.17, 15) is 14.4 Å². The molecule has 2 amide bonds. The normalized spacial score (nSPS) is 12.4. The van der Waals surface area contributed by atoms with E-state index in [0.29, 0.717) is 17.2 Å². The van der Waals surface area contributed by atoms with Crippen LogP contribution < -0.4 is 24.8 Å². The van der Waals surface area contributed by atoms with Gasteiger partial charge in [0.1, 0.15) is 12.1 Å². The van der Waals surface area contributed by atoms with Crippen molar-refractivity contribution in [2.45, 2.75) is 25.9 Å². The Hall–Kier alpha value is -2.97. The van der Waals surface area contributed by atoms with Gasteiger partial charge in [-0.05, 0) is 26.0 Å². The Morgan fingerprint density at radius 2 is 1.38 bits per heavy atom. The van der Waals surface area contributed by atoms with E-state index in [4.69, 9.17) is 14.2 Å². The van der Waals surface area contributed by atoms with Crippen LogP contribution in [-0.2, 0) is 14.3 Å². The molecule has 0 heterocycles. The number of esters is 1. The van der Waals surface area contributed by atoms with Gasteiger partial charge in [0.2, 0.25) is 11.7 Å². The number of hydrogen-bond acceptors (Lipinski definition) is 7. The summed E-state index contributed by atoms with van der Waals surface area (Å²) in [5.41, 5.74) is 0.222. The molecule has 0 aliphatic carbocycles. The van der Waals surface area contributed by atoms with Gasteiger partial charge in [-0.15, -0.1) is 0 Å². The van der Waals surface area contributed by atoms with Crippen LogP contribution in [0.3, 0.4) is 0 Å². The van der Waals surface area contributed by atoms with Crippen molar-refractivity contribution in [1.29, 1.82) is 0 Å². The number of carbonyl (C=O) groups is 3. The number of ether oxygens (including phenoxy) is 4. The summed E-state index contributed by atoms with van der Waals surface area (Å²) >= 11 is 0. The third-order valence-corrected chi connectivity index (χ3v) is 3.58. The summed E-state index contributed by atoms with van der Waals surface area (Å²) in [6.07, 6.45) is 0. The van der Waals surface area contributed by atoms with Gasteiger partial charge >= 0.3 is 5.97 Å². The van der Waals surface area contributed by atoms with Gasteiger partial charge in [-0.25, -0.2) is 4.79 Å². The molecule has 0 spiro atoms. The zero-order valence-corrected chi connectivity index (χ0v) is 15.7. The molecule has 0 fully saturated rings. The van der Waals surface area contributed by atoms with E-state index in [2.05, 4.69) is 15.4 Å². The van der Waals surface area contributed by atoms with Crippen LogP contribution in [0.25, 0.3) is 0 Å². The van der Waals surface area contributed by atoms with Crippen molar-refractivity contribution in [3.05, 3.63) is 17.7 Å². The van der Waals surface area contributed by atoms with Gasteiger partial charge in [-0.1, -0.05) is 0 Å². The average molecular weight is 368 g/mol. The van der Waals surface area contributed by atoms with Crippen LogP contribution in [0.15, 0.2) is 12.1 Å². The summed E-state index contributed by atoms with van der Waals surface area (Å²) in [6, 6.07) is 1.23. The molecule has 9 nitrogen and oxygen atoms in total. The summed E-state index contributed by atoms with van der Waals surface area (Å²) < 4.78 is 20.1. The minimum absolute atomic E-state index is 0.222. The van der Waals surface area contributed by atoms with E-state index in [-0.39, 0.29) is 5.56 Å². The number of hydrogen-bond donors (Lipinski definition) is 2. The van der Waals surface area contributed by atoms with Gasteiger partial charge in [0.25, 0.3) is 5.91 Å². The highest BCUT2D eigenvalue weighted by molar-refractivity contribution is 5.99. The lowest BCUT2D eigenvalue weighted by molar-refractivity contribution is -0.144. The van der Waals surface area contributed by atoms with Crippen molar-refractivity contribution in [1.82, 2.24) is 10.6 Å². The predicted octanol–water partition coefficient (Wildman–Crippen LogP) is 0.508. The fraction of sp³-hybridized carbons (Fsp3) is 0.471. The fourth-order valence-corrected chi connectivity index (χ4v) is 2.13. The molecule has 1 aromatic rings. The van der Waals surface area contributed by atoms with E-state index in [1.54, 1.807) is 0 Å². The summed E-state index contributed by atoms with van der Waals surface area (Å²) in [4.78, 5) is 35.9. The molecule has 0 aromatic heterocycles. The Kier molecular flexibility index (Phi) is 7.70. The molecule has 0 unspecified atom stereocenters. The molecule has 1 aromatic carbocycles. The molecule has 0 saturated heterocycles. The molecule has 2 atom stereocenters. The molecule has 2 N–H and O–H groups in total. The lowest BCUT2D eigenvalue weighted by atomic mass is 10.1. The topological polar surface area (TPSA) is 112 Å². The Morgan fingerprint density at radius 3 is 1.81 bits per heavy atom. The highest BCUT2D eigenvalue weighted by Crippen LogP contribution is 2.38. The maximum Gasteiger partial charge on any atom is 0.328 e. The van der Waals surface area contributed by atoms with E-state index < -0.39 is 29.9 Å². The maximum absolute atomic E-state index is 12.4. The van der Waals surface area contributed by atoms with E-state index in [1.165, 1.54) is 54.4 Å². The van der Waals surface area contributed by atoms with Crippen molar-refractivity contribution in [3.63, 3.8) is 0 Å². The highest BCUT2D eigenvalue weighted by atomic mass is 16.5. The van der Waals surface area contributed by atoms with Crippen LogP contribution in [0.1, 0.15) is 24.2 Å². The van der Waals surface area contributed by atoms with Crippen LogP contribution in [0.4, 0.5) is 0 Å². The molecule has 1 rings (SSSR count). The Bertz CT molecular complexity index is 650. The zero-order chi connectivity index (χ0) is 19.9. The number of carbonyl (C=O) groups excluding carboxylic acids is 3. The van der Waals surface area contributed by atoms with Crippen LogP contribution in [0, 0.1) is 0 Å². The number of methoxy groups -OCH3 is 4. The molecule has 26 heavy (non-hydrogen) atoms. The van der Waals surface area contributed by atoms with Gasteiger partial charge in [-0.2, -0.15) is 0 Å². The third-order valence-electron chi connectivity index (χ3n) is 3.58. The largest absolute Gasteiger partial charge is 0.493 e. The number of benzene rings is 1. The first-order chi connectivity index (χ1) is 12.3. The molecule has 0 aliphatic heterocycles. The van der Waals surface area contributed by atoms with Crippen LogP contribution in [-0.4, -0.2) is 58.3 Å². The van der Waals surface area contributed by atoms with Crippen LogP contribution in [0.2, 0.25) is 0 Å². The van der Waals surface area contributed by atoms with Gasteiger partial charge < -0.3 is 29.6 Å². The third kappa shape index (κ3) is 5.01. The van der Waals surface area contributed by atoms with Crippen molar-refractivity contribution >= 4 is 17.8 Å². The number of amides is 2. The second-order valence-corrected chi connectivity index (χ2v) is 5.36. The second kappa shape index (κ2) is 9.50. The number of rotatable bonds is 8. The SMILES string of the molecule is COC(=O)[C@@H](C)NC(=O)[C@H](C)NC(=O)c1cc(OC)c(OC)c(OC)c1. The first kappa shape index (κ1) is 21.1. The Balaban J connectivity index is 2.90. The molecule has 0 saturated carbocycles. The maximum atomic E-state index is 12.4. The quantitative estimate of drug-likeness (QED) is 0.643. The molecule has 0 aliphatic rings. The second-order valence-electron chi connectivity index (χ2n) is 5.36. The standard InChI is InChI=1S/C17H24N2O7/c1-9(15(20)19-10(2)17(22)26-6)18-16(21)11-7-12(23-3)14(25-5)13(8-11)24-4/h7-10H,1-6H3,(H,18,21)(H,19,20)/t9-,10+/m0/s1. The average Bonchev–Trinajstić information content (AvgIpc) is 2.65. The summed E-state index contributed by atoms with van der Waals surface area (Å²) in [7, 11) is 5.54. The summed E-state index contributed by atoms with van der Waals surface area (Å²) in [6.45, 7) is 2.98. The minimum atomic E-state index is -0.881. The monoisotopic (exact) mass is 368 g/mol. The summed E-state index contributed by atoms with van der Waals surface area (Å²) in [5, 5.41) is 5.00. The minimum Gasteiger partial charge on any atom is -0.493 e. The van der Waals surface area contributed by atoms with Crippen molar-refractivity contribution in [2.75, 3.05) is 28.4 Å². The first-order valence-corrected chi connectivity index (χ1v) is 7.78. The summed E-state index contributed by atoms with van der Waals surface area (Å²) in [5.74, 6) is -0.645. The fourth-order valence-electron chi connectivity index (χ4n) is 2.13. The molecule has 0 bridgehead atoms. The van der Waals surface area contributed by atoms with Gasteiger partial charge in [0.05, 0.1) is 28.4 Å².